The molecule has 0 unspecified atom stereocenters. The third-order valence-corrected chi connectivity index (χ3v) is 4.55. The zero-order chi connectivity index (χ0) is 20.1. The smallest absolute Gasteiger partial charge is 0.237 e. The van der Waals surface area contributed by atoms with Gasteiger partial charge in [-0.3, -0.25) is 9.36 Å². The van der Waals surface area contributed by atoms with Crippen molar-refractivity contribution in [1.29, 1.82) is 0 Å². The number of ether oxygens (including phenoxy) is 1. The van der Waals surface area contributed by atoms with Crippen LogP contribution in [0.3, 0.4) is 0 Å². The minimum atomic E-state index is -0.106. The predicted octanol–water partition coefficient (Wildman–Crippen LogP) is 4.39. The van der Waals surface area contributed by atoms with E-state index in [-0.39, 0.29) is 5.91 Å². The average molecular weight is 386 g/mol. The van der Waals surface area contributed by atoms with Crippen LogP contribution in [-0.2, 0) is 11.2 Å². The van der Waals surface area contributed by atoms with Crippen LogP contribution in [0, 0.1) is 0 Å². The Bertz CT molecular complexity index is 1120. The molecule has 2 heterocycles. The highest BCUT2D eigenvalue weighted by Gasteiger charge is 2.14. The molecular formula is C23H22N4O2. The second kappa shape index (κ2) is 8.56. The van der Waals surface area contributed by atoms with Crippen molar-refractivity contribution in [3.05, 3.63) is 78.8 Å². The normalized spacial score (nSPS) is 10.8. The fourth-order valence-corrected chi connectivity index (χ4v) is 3.28. The van der Waals surface area contributed by atoms with Gasteiger partial charge in [0.25, 0.3) is 0 Å². The van der Waals surface area contributed by atoms with Crippen molar-refractivity contribution >= 4 is 22.6 Å². The second-order valence-electron chi connectivity index (χ2n) is 6.53. The summed E-state index contributed by atoms with van der Waals surface area (Å²) in [6.45, 7) is 2.37. The SMILES string of the molecule is CCOc1ncccc1NC(=O)CCc1nc2ccccc2n1-c1ccccc1. The van der Waals surface area contributed by atoms with Gasteiger partial charge in [0.15, 0.2) is 0 Å². The zero-order valence-electron chi connectivity index (χ0n) is 16.2. The summed E-state index contributed by atoms with van der Waals surface area (Å²) in [6.07, 6.45) is 2.46. The van der Waals surface area contributed by atoms with Crippen molar-refractivity contribution in [1.82, 2.24) is 14.5 Å². The Hall–Kier alpha value is -3.67. The fourth-order valence-electron chi connectivity index (χ4n) is 3.28. The minimum Gasteiger partial charge on any atom is -0.476 e. The van der Waals surface area contributed by atoms with Crippen LogP contribution in [0.1, 0.15) is 19.2 Å². The molecule has 1 amide bonds. The standard InChI is InChI=1S/C23H22N4O2/c1-2-29-23-19(12-8-16-24-23)26-22(28)15-14-21-25-18-11-6-7-13-20(18)27(21)17-9-4-3-5-10-17/h3-13,16H,2,14-15H2,1H3,(H,26,28). The summed E-state index contributed by atoms with van der Waals surface area (Å²) in [7, 11) is 0. The summed E-state index contributed by atoms with van der Waals surface area (Å²) in [5.74, 6) is 1.18. The monoisotopic (exact) mass is 386 g/mol. The average Bonchev–Trinajstić information content (AvgIpc) is 3.13. The molecule has 0 fully saturated rings. The molecule has 1 N–H and O–H groups in total. The topological polar surface area (TPSA) is 69.0 Å². The molecule has 2 aromatic heterocycles. The first kappa shape index (κ1) is 18.7. The highest BCUT2D eigenvalue weighted by Crippen LogP contribution is 2.23. The molecular weight excluding hydrogens is 364 g/mol. The Kier molecular flexibility index (Phi) is 5.52. The van der Waals surface area contributed by atoms with E-state index in [9.17, 15) is 4.79 Å². The number of para-hydroxylation sites is 3. The number of pyridine rings is 1. The van der Waals surface area contributed by atoms with Crippen LogP contribution in [0.4, 0.5) is 5.69 Å². The van der Waals surface area contributed by atoms with Gasteiger partial charge in [-0.2, -0.15) is 0 Å². The Labute approximate surface area is 169 Å². The molecule has 0 saturated carbocycles. The number of hydrogen-bond donors (Lipinski definition) is 1. The van der Waals surface area contributed by atoms with Crippen LogP contribution in [0.25, 0.3) is 16.7 Å². The first-order valence-electron chi connectivity index (χ1n) is 9.65. The number of aryl methyl sites for hydroxylation is 1. The van der Waals surface area contributed by atoms with E-state index < -0.39 is 0 Å². The van der Waals surface area contributed by atoms with Crippen molar-refractivity contribution in [2.45, 2.75) is 19.8 Å². The van der Waals surface area contributed by atoms with Gasteiger partial charge in [-0.05, 0) is 43.3 Å². The molecule has 2 aromatic carbocycles. The van der Waals surface area contributed by atoms with Gasteiger partial charge in [0.05, 0.1) is 17.6 Å². The van der Waals surface area contributed by atoms with Crippen LogP contribution in [0.2, 0.25) is 0 Å². The number of amides is 1. The third-order valence-electron chi connectivity index (χ3n) is 4.55. The molecule has 29 heavy (non-hydrogen) atoms. The molecule has 4 aromatic rings. The van der Waals surface area contributed by atoms with E-state index in [0.717, 1.165) is 22.5 Å². The molecule has 0 saturated heterocycles. The Morgan fingerprint density at radius 3 is 2.66 bits per heavy atom. The first-order chi connectivity index (χ1) is 14.3. The fraction of sp³-hybridized carbons (Fsp3) is 0.174. The molecule has 6 nitrogen and oxygen atoms in total. The van der Waals surface area contributed by atoms with Gasteiger partial charge in [-0.1, -0.05) is 30.3 Å². The first-order valence-corrected chi connectivity index (χ1v) is 9.65. The number of rotatable bonds is 7. The van der Waals surface area contributed by atoms with Gasteiger partial charge in [-0.25, -0.2) is 9.97 Å². The van der Waals surface area contributed by atoms with Crippen LogP contribution < -0.4 is 10.1 Å². The van der Waals surface area contributed by atoms with Gasteiger partial charge < -0.3 is 10.1 Å². The number of nitrogens with zero attached hydrogens (tertiary/aromatic N) is 3. The van der Waals surface area contributed by atoms with Gasteiger partial charge >= 0.3 is 0 Å². The van der Waals surface area contributed by atoms with E-state index in [2.05, 4.69) is 14.9 Å². The zero-order valence-corrected chi connectivity index (χ0v) is 16.2. The van der Waals surface area contributed by atoms with Crippen molar-refractivity contribution < 1.29 is 9.53 Å². The third kappa shape index (κ3) is 4.11. The molecule has 0 radical (unpaired) electrons. The minimum absolute atomic E-state index is 0.106. The number of hydrogen-bond acceptors (Lipinski definition) is 4. The van der Waals surface area contributed by atoms with Crippen molar-refractivity contribution in [2.24, 2.45) is 0 Å². The molecule has 0 atom stereocenters. The molecule has 0 aliphatic heterocycles. The van der Waals surface area contributed by atoms with E-state index in [1.807, 2.05) is 61.5 Å². The highest BCUT2D eigenvalue weighted by atomic mass is 16.5. The lowest BCUT2D eigenvalue weighted by atomic mass is 10.2. The predicted molar refractivity (Wildman–Crippen MR) is 113 cm³/mol. The molecule has 0 bridgehead atoms. The number of anilines is 1. The van der Waals surface area contributed by atoms with Crippen molar-refractivity contribution in [2.75, 3.05) is 11.9 Å². The lowest BCUT2D eigenvalue weighted by Crippen LogP contribution is -2.15. The molecule has 0 spiro atoms. The maximum atomic E-state index is 12.6. The Morgan fingerprint density at radius 1 is 1.03 bits per heavy atom. The van der Waals surface area contributed by atoms with Gasteiger partial charge in [0.1, 0.15) is 11.5 Å². The maximum Gasteiger partial charge on any atom is 0.237 e. The number of benzene rings is 2. The van der Waals surface area contributed by atoms with E-state index in [1.54, 1.807) is 18.3 Å². The molecule has 4 rings (SSSR count). The molecule has 146 valence electrons. The van der Waals surface area contributed by atoms with E-state index >= 15 is 0 Å². The molecule has 0 aliphatic rings. The van der Waals surface area contributed by atoms with E-state index in [1.165, 1.54) is 0 Å². The van der Waals surface area contributed by atoms with Gasteiger partial charge in [0, 0.05) is 24.7 Å². The maximum absolute atomic E-state index is 12.6. The number of fused-ring (bicyclic) bond motifs is 1. The number of aromatic nitrogens is 3. The molecule has 6 heteroatoms. The number of carbonyl (C=O) groups excluding carboxylic acids is 1. The molecule has 0 aliphatic carbocycles. The highest BCUT2D eigenvalue weighted by molar-refractivity contribution is 5.92. The van der Waals surface area contributed by atoms with Crippen LogP contribution in [-0.4, -0.2) is 27.0 Å². The summed E-state index contributed by atoms with van der Waals surface area (Å²) in [6, 6.07) is 21.6. The summed E-state index contributed by atoms with van der Waals surface area (Å²) in [5, 5.41) is 2.90. The second-order valence-corrected chi connectivity index (χ2v) is 6.53. The van der Waals surface area contributed by atoms with Crippen LogP contribution in [0.15, 0.2) is 72.9 Å². The summed E-state index contributed by atoms with van der Waals surface area (Å²) in [5.41, 5.74) is 3.55. The van der Waals surface area contributed by atoms with E-state index in [0.29, 0.717) is 31.0 Å². The van der Waals surface area contributed by atoms with Gasteiger partial charge in [0.2, 0.25) is 11.8 Å². The Balaban J connectivity index is 1.55. The lowest BCUT2D eigenvalue weighted by molar-refractivity contribution is -0.116. The quantitative estimate of drug-likeness (QED) is 0.511. The number of nitrogens with one attached hydrogen (secondary N) is 1. The number of carbonyl (C=O) groups is 1. The van der Waals surface area contributed by atoms with E-state index in [4.69, 9.17) is 9.72 Å². The summed E-state index contributed by atoms with van der Waals surface area (Å²) < 4.78 is 7.58. The van der Waals surface area contributed by atoms with Crippen molar-refractivity contribution in [3.63, 3.8) is 0 Å². The summed E-state index contributed by atoms with van der Waals surface area (Å²) in [4.78, 5) is 21.5. The van der Waals surface area contributed by atoms with Crippen molar-refractivity contribution in [3.8, 4) is 11.6 Å². The largest absolute Gasteiger partial charge is 0.476 e. The van der Waals surface area contributed by atoms with Crippen LogP contribution >= 0.6 is 0 Å². The lowest BCUT2D eigenvalue weighted by Gasteiger charge is -2.11. The Morgan fingerprint density at radius 2 is 1.83 bits per heavy atom. The van der Waals surface area contributed by atoms with Crippen LogP contribution in [0.5, 0.6) is 5.88 Å². The number of imidazole rings is 1. The summed E-state index contributed by atoms with van der Waals surface area (Å²) >= 11 is 0. The van der Waals surface area contributed by atoms with Gasteiger partial charge in [-0.15, -0.1) is 0 Å².